The van der Waals surface area contributed by atoms with Crippen LogP contribution in [-0.2, 0) is 21.1 Å². The molecule has 0 atom stereocenters. The molecule has 0 saturated heterocycles. The summed E-state index contributed by atoms with van der Waals surface area (Å²) in [5.74, 6) is 0.938. The Hall–Kier alpha value is -5.52. The molecule has 0 fully saturated rings. The fraction of sp³-hybridized carbons (Fsp3) is 0.0256. The maximum atomic E-state index is 6.50. The van der Waals surface area contributed by atoms with Gasteiger partial charge in [0.2, 0.25) is 5.88 Å². The molecule has 1 aliphatic heterocycles. The molecule has 0 N–H and O–H groups in total. The number of hydrogen-bond donors (Lipinski definition) is 0. The van der Waals surface area contributed by atoms with Crippen LogP contribution in [0.5, 0.6) is 11.6 Å². The number of rotatable bonds is 6. The van der Waals surface area contributed by atoms with Gasteiger partial charge in [-0.3, -0.25) is 0 Å². The Labute approximate surface area is 285 Å². The monoisotopic (exact) mass is 792 g/mol. The second kappa shape index (κ2) is 11.7. The van der Waals surface area contributed by atoms with Crippen molar-refractivity contribution in [3.05, 3.63) is 147 Å². The van der Waals surface area contributed by atoms with Gasteiger partial charge < -0.3 is 28.3 Å². The molecular weight excluding hydrogens is 768 g/mol. The molecule has 3 aromatic heterocycles. The smallest absolute Gasteiger partial charge is 0.216 e. The second-order valence-electron chi connectivity index (χ2n) is 11.1. The van der Waals surface area contributed by atoms with Gasteiger partial charge in [0.25, 0.3) is 0 Å². The van der Waals surface area contributed by atoms with Crippen LogP contribution in [0.1, 0.15) is 0 Å². The van der Waals surface area contributed by atoms with Crippen molar-refractivity contribution in [3.8, 4) is 11.6 Å². The van der Waals surface area contributed by atoms with E-state index in [0.29, 0.717) is 17.2 Å². The van der Waals surface area contributed by atoms with Crippen molar-refractivity contribution < 1.29 is 34.6 Å². The Kier molecular flexibility index (Phi) is 7.19. The summed E-state index contributed by atoms with van der Waals surface area (Å²) < 4.78 is 19.2. The van der Waals surface area contributed by atoms with E-state index in [0.717, 1.165) is 61.0 Å². The van der Waals surface area contributed by atoms with E-state index >= 15 is 0 Å². The summed E-state index contributed by atoms with van der Waals surface area (Å²) in [6.07, 6.45) is 5.74. The minimum absolute atomic E-state index is 0. The van der Waals surface area contributed by atoms with Gasteiger partial charge in [0.15, 0.2) is 0 Å². The van der Waals surface area contributed by atoms with Crippen molar-refractivity contribution in [2.24, 2.45) is 0 Å². The SMILES string of the molecule is CN1C=CN(c2[c-]c(N(c3ccccc3)c3[c-]c(Oc4ccccn4)cc4oc5ccccc5c34)cc3oc4ccccc4c23)[CH-]1.[Pt]. The zero-order valence-electron chi connectivity index (χ0n) is 25.0. The first-order chi connectivity index (χ1) is 22.7. The molecule has 0 spiro atoms. The summed E-state index contributed by atoms with van der Waals surface area (Å²) in [6, 6.07) is 43.2. The summed E-state index contributed by atoms with van der Waals surface area (Å²) in [5, 5.41) is 3.88. The fourth-order valence-electron chi connectivity index (χ4n) is 6.10. The summed E-state index contributed by atoms with van der Waals surface area (Å²) >= 11 is 0. The zero-order valence-corrected chi connectivity index (χ0v) is 27.3. The number of aromatic nitrogens is 1. The molecule has 0 aliphatic carbocycles. The zero-order chi connectivity index (χ0) is 30.6. The van der Waals surface area contributed by atoms with Crippen LogP contribution in [0.15, 0.2) is 137 Å². The second-order valence-corrected chi connectivity index (χ2v) is 11.1. The number of hydrogen-bond acceptors (Lipinski definition) is 7. The topological polar surface area (TPSA) is 58.1 Å². The molecule has 232 valence electrons. The Morgan fingerprint density at radius 3 is 2.11 bits per heavy atom. The minimum atomic E-state index is 0. The van der Waals surface area contributed by atoms with Gasteiger partial charge in [-0.15, -0.1) is 18.2 Å². The average molecular weight is 793 g/mol. The first-order valence-corrected chi connectivity index (χ1v) is 14.9. The molecule has 1 aliphatic rings. The summed E-state index contributed by atoms with van der Waals surface area (Å²) in [5.41, 5.74) is 6.29. The van der Waals surface area contributed by atoms with Gasteiger partial charge in [-0.25, -0.2) is 4.98 Å². The maximum absolute atomic E-state index is 6.50. The number of fused-ring (bicyclic) bond motifs is 6. The van der Waals surface area contributed by atoms with Crippen LogP contribution in [0, 0.1) is 18.8 Å². The Morgan fingerprint density at radius 1 is 0.723 bits per heavy atom. The Balaban J connectivity index is 0.00000324. The van der Waals surface area contributed by atoms with Crippen LogP contribution < -0.4 is 14.5 Å². The van der Waals surface area contributed by atoms with Crippen LogP contribution >= 0.6 is 0 Å². The van der Waals surface area contributed by atoms with E-state index in [4.69, 9.17) is 13.6 Å². The third kappa shape index (κ3) is 5.00. The molecule has 0 unspecified atom stereocenters. The molecule has 0 radical (unpaired) electrons. The van der Waals surface area contributed by atoms with Crippen molar-refractivity contribution in [2.45, 2.75) is 0 Å². The molecule has 0 amide bonds. The van der Waals surface area contributed by atoms with Crippen LogP contribution in [0.25, 0.3) is 43.9 Å². The van der Waals surface area contributed by atoms with E-state index in [9.17, 15) is 0 Å². The Morgan fingerprint density at radius 2 is 1.40 bits per heavy atom. The molecular formula is C39H25N4O3Pt-3. The summed E-state index contributed by atoms with van der Waals surface area (Å²) in [7, 11) is 2.00. The number of furan rings is 2. The number of nitrogens with zero attached hydrogens (tertiary/aromatic N) is 4. The first kappa shape index (κ1) is 28.9. The molecule has 8 heteroatoms. The van der Waals surface area contributed by atoms with E-state index in [-0.39, 0.29) is 21.1 Å². The first-order valence-electron chi connectivity index (χ1n) is 14.9. The number of ether oxygens (including phenoxy) is 1. The van der Waals surface area contributed by atoms with Crippen molar-refractivity contribution in [2.75, 3.05) is 16.8 Å². The van der Waals surface area contributed by atoms with E-state index in [1.807, 2.05) is 116 Å². The molecule has 7 nitrogen and oxygen atoms in total. The molecule has 9 rings (SSSR count). The van der Waals surface area contributed by atoms with E-state index < -0.39 is 0 Å². The van der Waals surface area contributed by atoms with Gasteiger partial charge >= 0.3 is 0 Å². The van der Waals surface area contributed by atoms with Gasteiger partial charge in [-0.1, -0.05) is 94.6 Å². The maximum Gasteiger partial charge on any atom is 0.216 e. The van der Waals surface area contributed by atoms with Gasteiger partial charge in [-0.05, 0) is 60.6 Å². The van der Waals surface area contributed by atoms with E-state index in [1.54, 1.807) is 6.20 Å². The number of pyridine rings is 1. The predicted molar refractivity (Wildman–Crippen MR) is 181 cm³/mol. The normalized spacial score (nSPS) is 12.8. The van der Waals surface area contributed by atoms with Crippen LogP contribution in [-0.4, -0.2) is 16.9 Å². The summed E-state index contributed by atoms with van der Waals surface area (Å²) in [6.45, 7) is 2.03. The summed E-state index contributed by atoms with van der Waals surface area (Å²) in [4.78, 5) is 10.6. The van der Waals surface area contributed by atoms with E-state index in [1.165, 1.54) is 0 Å². The standard InChI is InChI=1S/C39H25N4O3.Pt/c1-41-19-20-42(25-41)31-21-27(22-35-38(31)29-13-5-7-15-33(29)45-35)43(26-11-3-2-4-12-26)32-23-28(44-37-17-9-10-18-40-37)24-36-39(32)30-14-6-8-16-34(30)46-36;/h2-20,22,24-25H,1H3;/q-3;. The van der Waals surface area contributed by atoms with Crippen molar-refractivity contribution in [1.82, 2.24) is 9.88 Å². The van der Waals surface area contributed by atoms with Gasteiger partial charge in [0, 0.05) is 55.9 Å². The molecule has 0 saturated carbocycles. The quantitative estimate of drug-likeness (QED) is 0.156. The predicted octanol–water partition coefficient (Wildman–Crippen LogP) is 10.1. The third-order valence-electron chi connectivity index (χ3n) is 8.10. The molecule has 47 heavy (non-hydrogen) atoms. The molecule has 0 bridgehead atoms. The third-order valence-corrected chi connectivity index (χ3v) is 8.10. The molecule has 8 aromatic rings. The van der Waals surface area contributed by atoms with Crippen LogP contribution in [0.4, 0.5) is 22.7 Å². The molecule has 5 aromatic carbocycles. The minimum Gasteiger partial charge on any atom is -0.510 e. The number of anilines is 4. The largest absolute Gasteiger partial charge is 0.510 e. The van der Waals surface area contributed by atoms with Crippen molar-refractivity contribution in [3.63, 3.8) is 0 Å². The Bertz CT molecular complexity index is 2420. The fourth-order valence-corrected chi connectivity index (χ4v) is 6.10. The van der Waals surface area contributed by atoms with Crippen molar-refractivity contribution in [1.29, 1.82) is 0 Å². The van der Waals surface area contributed by atoms with Gasteiger partial charge in [0.05, 0.1) is 0 Å². The van der Waals surface area contributed by atoms with Crippen LogP contribution in [0.2, 0.25) is 0 Å². The number of para-hydroxylation sites is 3. The van der Waals surface area contributed by atoms with Gasteiger partial charge in [-0.2, -0.15) is 6.67 Å². The molecule has 4 heterocycles. The number of benzene rings is 5. The average Bonchev–Trinajstić information content (AvgIpc) is 3.80. The van der Waals surface area contributed by atoms with Crippen molar-refractivity contribution >= 4 is 66.6 Å². The van der Waals surface area contributed by atoms with E-state index in [2.05, 4.69) is 51.2 Å². The van der Waals surface area contributed by atoms with Gasteiger partial charge in [0.1, 0.15) is 11.2 Å². The van der Waals surface area contributed by atoms with Crippen LogP contribution in [0.3, 0.4) is 0 Å².